The second kappa shape index (κ2) is 10.3. The van der Waals surface area contributed by atoms with E-state index in [0.29, 0.717) is 35.8 Å². The SMILES string of the molecule is CCOc1cc(/C=N/NS(=O)(=O)c2ccc(C)cc2C)ccc1OCc1ccc(C)cc1. The largest absolute Gasteiger partial charge is 0.490 e. The van der Waals surface area contributed by atoms with Crippen LogP contribution >= 0.6 is 0 Å². The van der Waals surface area contributed by atoms with E-state index in [4.69, 9.17) is 9.47 Å². The van der Waals surface area contributed by atoms with Gasteiger partial charge in [0, 0.05) is 0 Å². The summed E-state index contributed by atoms with van der Waals surface area (Å²) in [7, 11) is -3.75. The van der Waals surface area contributed by atoms with Gasteiger partial charge in [0.2, 0.25) is 0 Å². The number of sulfonamides is 1. The normalized spacial score (nSPS) is 11.5. The first kappa shape index (κ1) is 23.3. The minimum absolute atomic E-state index is 0.204. The highest BCUT2D eigenvalue weighted by Crippen LogP contribution is 2.29. The fourth-order valence-electron chi connectivity index (χ4n) is 3.16. The summed E-state index contributed by atoms with van der Waals surface area (Å²) in [5, 5.41) is 3.93. The number of nitrogens with one attached hydrogen (secondary N) is 1. The molecule has 0 aliphatic heterocycles. The molecule has 0 fully saturated rings. The summed E-state index contributed by atoms with van der Waals surface area (Å²) in [6.45, 7) is 8.50. The number of hydrazone groups is 1. The molecule has 3 aromatic carbocycles. The van der Waals surface area contributed by atoms with Gasteiger partial charge in [-0.15, -0.1) is 0 Å². The Morgan fingerprint density at radius 3 is 2.28 bits per heavy atom. The van der Waals surface area contributed by atoms with Crippen LogP contribution in [0, 0.1) is 20.8 Å². The van der Waals surface area contributed by atoms with Gasteiger partial charge in [-0.05, 0) is 68.7 Å². The zero-order valence-corrected chi connectivity index (χ0v) is 19.6. The number of rotatable bonds is 9. The fourth-order valence-corrected chi connectivity index (χ4v) is 4.18. The molecule has 168 valence electrons. The highest BCUT2D eigenvalue weighted by molar-refractivity contribution is 7.89. The van der Waals surface area contributed by atoms with Gasteiger partial charge in [0.25, 0.3) is 10.0 Å². The number of benzene rings is 3. The van der Waals surface area contributed by atoms with Crippen molar-refractivity contribution >= 4 is 16.2 Å². The standard InChI is InChI=1S/C25H28N2O4S/c1-5-30-24-15-22(11-12-23(24)31-17-21-9-6-18(2)7-10-21)16-26-27-32(28,29)25-13-8-19(3)14-20(25)4/h6-16,27H,5,17H2,1-4H3/b26-16+. The van der Waals surface area contributed by atoms with Crippen LogP contribution in [-0.2, 0) is 16.6 Å². The van der Waals surface area contributed by atoms with E-state index in [0.717, 1.165) is 11.1 Å². The molecule has 0 radical (unpaired) electrons. The third kappa shape index (κ3) is 6.11. The van der Waals surface area contributed by atoms with Gasteiger partial charge in [-0.2, -0.15) is 13.5 Å². The minimum Gasteiger partial charge on any atom is -0.490 e. The van der Waals surface area contributed by atoms with Crippen molar-refractivity contribution in [2.24, 2.45) is 5.10 Å². The van der Waals surface area contributed by atoms with Crippen molar-refractivity contribution in [1.82, 2.24) is 4.83 Å². The third-order valence-electron chi connectivity index (χ3n) is 4.79. The lowest BCUT2D eigenvalue weighted by Gasteiger charge is -2.13. The molecule has 0 aromatic heterocycles. The topological polar surface area (TPSA) is 77.0 Å². The van der Waals surface area contributed by atoms with Gasteiger partial charge in [-0.1, -0.05) is 47.5 Å². The number of hydrogen-bond acceptors (Lipinski definition) is 5. The monoisotopic (exact) mass is 452 g/mol. The smallest absolute Gasteiger partial charge is 0.276 e. The molecule has 6 nitrogen and oxygen atoms in total. The highest BCUT2D eigenvalue weighted by Gasteiger charge is 2.15. The molecule has 0 saturated heterocycles. The molecule has 0 spiro atoms. The van der Waals surface area contributed by atoms with Gasteiger partial charge < -0.3 is 9.47 Å². The zero-order chi connectivity index (χ0) is 23.1. The molecule has 0 aliphatic carbocycles. The third-order valence-corrected chi connectivity index (χ3v) is 6.17. The molecule has 0 amide bonds. The summed E-state index contributed by atoms with van der Waals surface area (Å²) in [5.74, 6) is 1.18. The second-order valence-corrected chi connectivity index (χ2v) is 9.16. The van der Waals surface area contributed by atoms with E-state index in [1.54, 1.807) is 37.3 Å². The summed E-state index contributed by atoms with van der Waals surface area (Å²) < 4.78 is 36.7. The van der Waals surface area contributed by atoms with E-state index in [-0.39, 0.29) is 4.90 Å². The van der Waals surface area contributed by atoms with Crippen molar-refractivity contribution in [3.8, 4) is 11.5 Å². The average molecular weight is 453 g/mol. The number of nitrogens with zero attached hydrogens (tertiary/aromatic N) is 1. The molecular weight excluding hydrogens is 424 g/mol. The summed E-state index contributed by atoms with van der Waals surface area (Å²) in [4.78, 5) is 2.47. The first-order valence-electron chi connectivity index (χ1n) is 10.4. The van der Waals surface area contributed by atoms with E-state index in [1.165, 1.54) is 11.8 Å². The molecule has 0 atom stereocenters. The van der Waals surface area contributed by atoms with Crippen LogP contribution < -0.4 is 14.3 Å². The van der Waals surface area contributed by atoms with E-state index < -0.39 is 10.0 Å². The Hall–Kier alpha value is -3.32. The van der Waals surface area contributed by atoms with Crippen molar-refractivity contribution in [2.45, 2.75) is 39.2 Å². The lowest BCUT2D eigenvalue weighted by Crippen LogP contribution is -2.19. The first-order valence-corrected chi connectivity index (χ1v) is 11.8. The second-order valence-electron chi connectivity index (χ2n) is 7.54. The maximum Gasteiger partial charge on any atom is 0.276 e. The van der Waals surface area contributed by atoms with E-state index in [1.807, 2.05) is 51.1 Å². The Balaban J connectivity index is 1.71. The van der Waals surface area contributed by atoms with Gasteiger partial charge in [0.15, 0.2) is 11.5 Å². The molecule has 7 heteroatoms. The number of aryl methyl sites for hydroxylation is 3. The molecule has 0 saturated carbocycles. The maximum absolute atomic E-state index is 12.5. The molecule has 1 N–H and O–H groups in total. The van der Waals surface area contributed by atoms with Crippen LogP contribution in [0.2, 0.25) is 0 Å². The first-order chi connectivity index (χ1) is 15.3. The Bertz CT molecular complexity index is 1200. The van der Waals surface area contributed by atoms with Crippen molar-refractivity contribution in [2.75, 3.05) is 6.61 Å². The molecule has 0 aliphatic rings. The molecule has 0 bridgehead atoms. The molecular formula is C25H28N2O4S. The van der Waals surface area contributed by atoms with E-state index in [2.05, 4.69) is 9.93 Å². The molecule has 3 aromatic rings. The molecule has 32 heavy (non-hydrogen) atoms. The Labute approximate surface area is 190 Å². The van der Waals surface area contributed by atoms with Crippen LogP contribution in [0.3, 0.4) is 0 Å². The maximum atomic E-state index is 12.5. The van der Waals surface area contributed by atoms with Crippen molar-refractivity contribution in [1.29, 1.82) is 0 Å². The van der Waals surface area contributed by atoms with Crippen molar-refractivity contribution in [3.63, 3.8) is 0 Å². The lowest BCUT2D eigenvalue weighted by molar-refractivity contribution is 0.269. The molecule has 3 rings (SSSR count). The Kier molecular flexibility index (Phi) is 7.53. The van der Waals surface area contributed by atoms with Gasteiger partial charge in [-0.25, -0.2) is 4.83 Å². The molecule has 0 heterocycles. The van der Waals surface area contributed by atoms with Crippen molar-refractivity contribution < 1.29 is 17.9 Å². The quantitative estimate of drug-likeness (QED) is 0.370. The number of ether oxygens (including phenoxy) is 2. The van der Waals surface area contributed by atoms with Gasteiger partial charge in [-0.3, -0.25) is 0 Å². The number of hydrogen-bond donors (Lipinski definition) is 1. The summed E-state index contributed by atoms with van der Waals surface area (Å²) in [5.41, 5.74) is 4.60. The van der Waals surface area contributed by atoms with E-state index >= 15 is 0 Å². The summed E-state index contributed by atoms with van der Waals surface area (Å²) >= 11 is 0. The summed E-state index contributed by atoms with van der Waals surface area (Å²) in [6, 6.07) is 18.6. The predicted molar refractivity (Wildman–Crippen MR) is 127 cm³/mol. The lowest BCUT2D eigenvalue weighted by atomic mass is 10.2. The van der Waals surface area contributed by atoms with Crippen LogP contribution in [0.4, 0.5) is 0 Å². The average Bonchev–Trinajstić information content (AvgIpc) is 2.74. The van der Waals surface area contributed by atoms with Crippen LogP contribution in [0.25, 0.3) is 0 Å². The fraction of sp³-hybridized carbons (Fsp3) is 0.240. The van der Waals surface area contributed by atoms with Crippen molar-refractivity contribution in [3.05, 3.63) is 88.5 Å². The van der Waals surface area contributed by atoms with Gasteiger partial charge >= 0.3 is 0 Å². The van der Waals surface area contributed by atoms with Crippen LogP contribution in [0.15, 0.2) is 70.7 Å². The molecule has 0 unspecified atom stereocenters. The van der Waals surface area contributed by atoms with Crippen LogP contribution in [0.1, 0.15) is 34.7 Å². The van der Waals surface area contributed by atoms with E-state index in [9.17, 15) is 8.42 Å². The Morgan fingerprint density at radius 2 is 1.59 bits per heavy atom. The van der Waals surface area contributed by atoms with Crippen LogP contribution in [-0.4, -0.2) is 21.2 Å². The minimum atomic E-state index is -3.75. The van der Waals surface area contributed by atoms with Gasteiger partial charge in [0.05, 0.1) is 17.7 Å². The highest BCUT2D eigenvalue weighted by atomic mass is 32.2. The predicted octanol–water partition coefficient (Wildman–Crippen LogP) is 4.90. The zero-order valence-electron chi connectivity index (χ0n) is 18.8. The van der Waals surface area contributed by atoms with Gasteiger partial charge in [0.1, 0.15) is 6.61 Å². The summed E-state index contributed by atoms with van der Waals surface area (Å²) in [6.07, 6.45) is 1.44. The van der Waals surface area contributed by atoms with Crippen LogP contribution in [0.5, 0.6) is 11.5 Å². The Morgan fingerprint density at radius 1 is 0.875 bits per heavy atom.